The van der Waals surface area contributed by atoms with Crippen molar-refractivity contribution in [2.45, 2.75) is 95.7 Å². The summed E-state index contributed by atoms with van der Waals surface area (Å²) in [6.07, 6.45) is 13.7. The summed E-state index contributed by atoms with van der Waals surface area (Å²) in [5.41, 5.74) is 2.25. The molecule has 2 aliphatic heterocycles. The van der Waals surface area contributed by atoms with Gasteiger partial charge in [0.25, 0.3) is 0 Å². The Morgan fingerprint density at radius 2 is 1.84 bits per heavy atom. The average molecular weight is 511 g/mol. The van der Waals surface area contributed by atoms with Gasteiger partial charge in [-0.25, -0.2) is 0 Å². The Bertz CT molecular complexity index is 955. The Labute approximate surface area is 220 Å². The van der Waals surface area contributed by atoms with E-state index in [0.29, 0.717) is 38.1 Å². The first-order valence-corrected chi connectivity index (χ1v) is 14.1. The molecule has 0 saturated heterocycles. The van der Waals surface area contributed by atoms with Crippen molar-refractivity contribution in [2.24, 2.45) is 11.8 Å². The second kappa shape index (κ2) is 13.8. The molecule has 3 aliphatic rings. The van der Waals surface area contributed by atoms with Crippen LogP contribution in [0.25, 0.3) is 0 Å². The van der Waals surface area contributed by atoms with Gasteiger partial charge < -0.3 is 20.1 Å². The van der Waals surface area contributed by atoms with E-state index in [0.717, 1.165) is 36.8 Å². The van der Waals surface area contributed by atoms with Crippen molar-refractivity contribution in [1.29, 1.82) is 0 Å². The summed E-state index contributed by atoms with van der Waals surface area (Å²) in [5.74, 6) is -0.478. The molecule has 0 aromatic heterocycles. The molecule has 1 aliphatic carbocycles. The maximum Gasteiger partial charge on any atom is 0.305 e. The molecule has 7 heteroatoms. The number of benzene rings is 1. The van der Waals surface area contributed by atoms with Crippen molar-refractivity contribution < 1.29 is 24.2 Å². The van der Waals surface area contributed by atoms with E-state index in [9.17, 15) is 19.5 Å². The minimum Gasteiger partial charge on any atom is -0.463 e. The predicted octanol–water partition coefficient (Wildman–Crippen LogP) is 4.07. The van der Waals surface area contributed by atoms with Gasteiger partial charge in [0.1, 0.15) is 6.61 Å². The van der Waals surface area contributed by atoms with Gasteiger partial charge in [-0.15, -0.1) is 0 Å². The molecule has 37 heavy (non-hydrogen) atoms. The minimum absolute atomic E-state index is 0.0881. The average Bonchev–Trinajstić information content (AvgIpc) is 2.93. The third kappa shape index (κ3) is 7.91. The third-order valence-corrected chi connectivity index (χ3v) is 8.15. The monoisotopic (exact) mass is 510 g/mol. The topological polar surface area (TPSA) is 95.9 Å². The number of amides is 2. The normalized spacial score (nSPS) is 26.2. The molecule has 2 N–H and O–H groups in total. The number of hydrogen-bond donors (Lipinski definition) is 2. The zero-order valence-corrected chi connectivity index (χ0v) is 21.9. The van der Waals surface area contributed by atoms with Gasteiger partial charge in [0, 0.05) is 19.4 Å². The molecule has 3 unspecified atom stereocenters. The number of nitrogens with zero attached hydrogens (tertiary/aromatic N) is 1. The summed E-state index contributed by atoms with van der Waals surface area (Å²) >= 11 is 0. The standard InChI is InChI=1S/C30H42N2O5/c33-20-27-17-23-12-8-9-14-25(23)19-32(27)28(34)18-24-13-6-1-2-7-15-29(35)37-21-26(31-30(24)36)16-22-10-4-3-5-11-22/h1,6,8-9,12,14,22,24,26-27,33H,2-5,7,10-11,13,15-21H2,(H,31,36). The van der Waals surface area contributed by atoms with Gasteiger partial charge in [0.2, 0.25) is 11.8 Å². The van der Waals surface area contributed by atoms with Crippen molar-refractivity contribution >= 4 is 17.8 Å². The van der Waals surface area contributed by atoms with E-state index in [1.165, 1.54) is 19.3 Å². The number of nitrogens with one attached hydrogen (secondary N) is 1. The van der Waals surface area contributed by atoms with E-state index in [2.05, 4.69) is 5.32 Å². The first kappa shape index (κ1) is 27.4. The molecule has 3 atom stereocenters. The van der Waals surface area contributed by atoms with Gasteiger partial charge in [-0.2, -0.15) is 0 Å². The first-order chi connectivity index (χ1) is 18.0. The Hall–Kier alpha value is -2.67. The number of hydrogen-bond acceptors (Lipinski definition) is 5. The number of cyclic esters (lactones) is 1. The van der Waals surface area contributed by atoms with Crippen LogP contribution in [0.15, 0.2) is 36.4 Å². The molecule has 7 nitrogen and oxygen atoms in total. The molecule has 0 bridgehead atoms. The van der Waals surface area contributed by atoms with Crippen LogP contribution in [0.1, 0.15) is 81.8 Å². The highest BCUT2D eigenvalue weighted by Crippen LogP contribution is 2.28. The van der Waals surface area contributed by atoms with Crippen molar-refractivity contribution in [3.05, 3.63) is 47.5 Å². The molecule has 1 aromatic carbocycles. The van der Waals surface area contributed by atoms with Crippen LogP contribution in [0, 0.1) is 11.8 Å². The van der Waals surface area contributed by atoms with Crippen molar-refractivity contribution in [2.75, 3.05) is 13.2 Å². The van der Waals surface area contributed by atoms with Crippen molar-refractivity contribution in [3.63, 3.8) is 0 Å². The summed E-state index contributed by atoms with van der Waals surface area (Å²) in [5, 5.41) is 13.2. The van der Waals surface area contributed by atoms with Gasteiger partial charge in [-0.1, -0.05) is 68.5 Å². The largest absolute Gasteiger partial charge is 0.463 e. The lowest BCUT2D eigenvalue weighted by atomic mass is 9.84. The lowest BCUT2D eigenvalue weighted by Gasteiger charge is -2.37. The van der Waals surface area contributed by atoms with E-state index < -0.39 is 5.92 Å². The molecular formula is C30H42N2O5. The summed E-state index contributed by atoms with van der Waals surface area (Å²) in [4.78, 5) is 41.0. The summed E-state index contributed by atoms with van der Waals surface area (Å²) in [6.45, 7) is 0.529. The van der Waals surface area contributed by atoms with Gasteiger partial charge in [-0.05, 0) is 49.1 Å². The van der Waals surface area contributed by atoms with Gasteiger partial charge in [0.15, 0.2) is 0 Å². The fourth-order valence-electron chi connectivity index (χ4n) is 5.97. The van der Waals surface area contributed by atoms with Gasteiger partial charge in [-0.3, -0.25) is 14.4 Å². The first-order valence-electron chi connectivity index (χ1n) is 14.1. The van der Waals surface area contributed by atoms with Crippen LogP contribution in [-0.2, 0) is 32.1 Å². The molecule has 2 heterocycles. The maximum atomic E-state index is 13.5. The maximum absolute atomic E-state index is 13.5. The fraction of sp³-hybridized carbons (Fsp3) is 0.633. The number of rotatable bonds is 5. The van der Waals surface area contributed by atoms with Crippen LogP contribution in [0.5, 0.6) is 0 Å². The Morgan fingerprint density at radius 3 is 2.62 bits per heavy atom. The van der Waals surface area contributed by atoms with Gasteiger partial charge in [0.05, 0.1) is 24.6 Å². The molecule has 1 aromatic rings. The molecule has 202 valence electrons. The number of carbonyl (C=O) groups excluding carboxylic acids is 3. The zero-order chi connectivity index (χ0) is 26.0. The molecular weight excluding hydrogens is 468 g/mol. The number of esters is 1. The third-order valence-electron chi connectivity index (χ3n) is 8.15. The smallest absolute Gasteiger partial charge is 0.305 e. The predicted molar refractivity (Wildman–Crippen MR) is 141 cm³/mol. The second-order valence-corrected chi connectivity index (χ2v) is 11.0. The van der Waals surface area contributed by atoms with E-state index in [1.807, 2.05) is 36.4 Å². The second-order valence-electron chi connectivity index (χ2n) is 11.0. The van der Waals surface area contributed by atoms with Crippen molar-refractivity contribution in [3.8, 4) is 0 Å². The van der Waals surface area contributed by atoms with Crippen LogP contribution >= 0.6 is 0 Å². The van der Waals surface area contributed by atoms with E-state index in [4.69, 9.17) is 4.74 Å². The van der Waals surface area contributed by atoms with Crippen LogP contribution in [0.2, 0.25) is 0 Å². The minimum atomic E-state index is -0.509. The molecule has 2 amide bonds. The Balaban J connectivity index is 1.46. The molecule has 0 spiro atoms. The lowest BCUT2D eigenvalue weighted by molar-refractivity contribution is -0.145. The SMILES string of the molecule is O=C1CCCC=CCC(CC(=O)N2Cc3ccccc3CC2CO)C(=O)NC(CC2CCCCC2)CO1. The number of allylic oxidation sites excluding steroid dienone is 2. The lowest BCUT2D eigenvalue weighted by Crippen LogP contribution is -2.48. The summed E-state index contributed by atoms with van der Waals surface area (Å²) in [7, 11) is 0. The quantitative estimate of drug-likeness (QED) is 0.460. The van der Waals surface area contributed by atoms with Crippen LogP contribution < -0.4 is 5.32 Å². The number of aliphatic hydroxyl groups excluding tert-OH is 1. The highest BCUT2D eigenvalue weighted by Gasteiger charge is 2.33. The molecule has 1 saturated carbocycles. The molecule has 0 radical (unpaired) electrons. The van der Waals surface area contributed by atoms with Gasteiger partial charge >= 0.3 is 5.97 Å². The van der Waals surface area contributed by atoms with Crippen LogP contribution in [0.4, 0.5) is 0 Å². The Morgan fingerprint density at radius 1 is 1.05 bits per heavy atom. The van der Waals surface area contributed by atoms with Crippen LogP contribution in [0.3, 0.4) is 0 Å². The van der Waals surface area contributed by atoms with E-state index >= 15 is 0 Å². The van der Waals surface area contributed by atoms with Crippen LogP contribution in [-0.4, -0.2) is 53.1 Å². The van der Waals surface area contributed by atoms with E-state index in [1.54, 1.807) is 4.90 Å². The highest BCUT2D eigenvalue weighted by atomic mass is 16.5. The number of aliphatic hydroxyl groups is 1. The van der Waals surface area contributed by atoms with Crippen molar-refractivity contribution in [1.82, 2.24) is 10.2 Å². The fourth-order valence-corrected chi connectivity index (χ4v) is 5.97. The number of fused-ring (bicyclic) bond motifs is 1. The summed E-state index contributed by atoms with van der Waals surface area (Å²) < 4.78 is 5.55. The zero-order valence-electron chi connectivity index (χ0n) is 21.9. The highest BCUT2D eigenvalue weighted by molar-refractivity contribution is 5.86. The number of carbonyl (C=O) groups is 3. The summed E-state index contributed by atoms with van der Waals surface area (Å²) in [6, 6.07) is 7.49. The molecule has 1 fully saturated rings. The van der Waals surface area contributed by atoms with E-state index in [-0.39, 0.29) is 49.5 Å². The number of ether oxygens (including phenoxy) is 1. The Kier molecular flexibility index (Phi) is 10.2. The molecule has 4 rings (SSSR count).